The third-order valence-corrected chi connectivity index (χ3v) is 5.65. The van der Waals surface area contributed by atoms with Crippen molar-refractivity contribution in [3.63, 3.8) is 0 Å². The van der Waals surface area contributed by atoms with Crippen molar-refractivity contribution >= 4 is 18.3 Å². The Balaban J connectivity index is 0.00000225. The van der Waals surface area contributed by atoms with E-state index < -0.39 is 11.9 Å². The fourth-order valence-electron chi connectivity index (χ4n) is 3.89. The summed E-state index contributed by atoms with van der Waals surface area (Å²) in [6.45, 7) is 2.38. The molecule has 1 aliphatic carbocycles. The standard InChI is InChI=1S/C19H21F3N4O.ClH/c20-19(21,22)16-5-10-26(25-16)14-3-1-13(2-4-14)12-24-17(27)15-11-18(15)6-8-23-9-7-18;/h1-5,10,15,23H,6-9,11-12H2,(H,24,27);1H. The van der Waals surface area contributed by atoms with Crippen LogP contribution in [0.2, 0.25) is 0 Å². The fraction of sp³-hybridized carbons (Fsp3) is 0.474. The van der Waals surface area contributed by atoms with Gasteiger partial charge in [0.05, 0.1) is 5.69 Å². The maximum atomic E-state index is 12.6. The Labute approximate surface area is 167 Å². The van der Waals surface area contributed by atoms with E-state index in [1.807, 2.05) is 0 Å². The number of nitrogens with zero attached hydrogens (tertiary/aromatic N) is 2. The van der Waals surface area contributed by atoms with Gasteiger partial charge in [-0.2, -0.15) is 18.3 Å². The monoisotopic (exact) mass is 414 g/mol. The van der Waals surface area contributed by atoms with Crippen molar-refractivity contribution < 1.29 is 18.0 Å². The van der Waals surface area contributed by atoms with Crippen LogP contribution in [0.25, 0.3) is 5.69 Å². The van der Waals surface area contributed by atoms with Crippen molar-refractivity contribution in [1.29, 1.82) is 0 Å². The van der Waals surface area contributed by atoms with Gasteiger partial charge < -0.3 is 10.6 Å². The minimum absolute atomic E-state index is 0. The van der Waals surface area contributed by atoms with E-state index >= 15 is 0 Å². The number of benzene rings is 1. The lowest BCUT2D eigenvalue weighted by Crippen LogP contribution is -2.33. The molecule has 1 aromatic carbocycles. The number of rotatable bonds is 4. The summed E-state index contributed by atoms with van der Waals surface area (Å²) in [7, 11) is 0. The van der Waals surface area contributed by atoms with E-state index in [1.165, 1.54) is 10.9 Å². The van der Waals surface area contributed by atoms with Gasteiger partial charge in [-0.1, -0.05) is 12.1 Å². The molecule has 2 aromatic rings. The molecule has 1 spiro atoms. The summed E-state index contributed by atoms with van der Waals surface area (Å²) in [6.07, 6.45) is -0.0807. The van der Waals surface area contributed by atoms with Crippen molar-refractivity contribution in [2.75, 3.05) is 13.1 Å². The van der Waals surface area contributed by atoms with Gasteiger partial charge in [0, 0.05) is 18.7 Å². The van der Waals surface area contributed by atoms with Gasteiger partial charge in [-0.25, -0.2) is 4.68 Å². The van der Waals surface area contributed by atoms with E-state index in [1.54, 1.807) is 24.3 Å². The normalized spacial score (nSPS) is 20.5. The van der Waals surface area contributed by atoms with Gasteiger partial charge in [0.25, 0.3) is 0 Å². The number of alkyl halides is 3. The summed E-state index contributed by atoms with van der Waals surface area (Å²) in [5.41, 5.74) is 0.719. The molecule has 1 unspecified atom stereocenters. The molecule has 1 amide bonds. The highest BCUT2D eigenvalue weighted by molar-refractivity contribution is 5.85. The highest BCUT2D eigenvalue weighted by Crippen LogP contribution is 2.58. The highest BCUT2D eigenvalue weighted by Gasteiger charge is 2.57. The fourth-order valence-corrected chi connectivity index (χ4v) is 3.89. The minimum Gasteiger partial charge on any atom is -0.352 e. The number of carbonyl (C=O) groups excluding carboxylic acids is 1. The van der Waals surface area contributed by atoms with E-state index in [-0.39, 0.29) is 29.6 Å². The van der Waals surface area contributed by atoms with Gasteiger partial charge >= 0.3 is 6.18 Å². The molecule has 1 saturated carbocycles. The van der Waals surface area contributed by atoms with Crippen molar-refractivity contribution in [2.24, 2.45) is 11.3 Å². The molecule has 0 bridgehead atoms. The Kier molecular flexibility index (Phi) is 5.72. The largest absolute Gasteiger partial charge is 0.435 e. The summed E-state index contributed by atoms with van der Waals surface area (Å²) in [4.78, 5) is 12.4. The molecule has 2 aliphatic rings. The van der Waals surface area contributed by atoms with Gasteiger partial charge in [-0.15, -0.1) is 12.4 Å². The third kappa shape index (κ3) is 4.17. The van der Waals surface area contributed by atoms with Gasteiger partial charge in [-0.3, -0.25) is 4.79 Å². The zero-order chi connectivity index (χ0) is 19.1. The summed E-state index contributed by atoms with van der Waals surface area (Å²) < 4.78 is 39.1. The van der Waals surface area contributed by atoms with E-state index in [0.29, 0.717) is 12.2 Å². The lowest BCUT2D eigenvalue weighted by Gasteiger charge is -2.23. The Morgan fingerprint density at radius 3 is 2.50 bits per heavy atom. The quantitative estimate of drug-likeness (QED) is 0.807. The Bertz CT molecular complexity index is 828. The van der Waals surface area contributed by atoms with Crippen LogP contribution in [0.15, 0.2) is 36.5 Å². The van der Waals surface area contributed by atoms with Crippen LogP contribution in [-0.2, 0) is 17.5 Å². The van der Waals surface area contributed by atoms with Crippen molar-refractivity contribution in [2.45, 2.75) is 32.0 Å². The van der Waals surface area contributed by atoms with Crippen LogP contribution in [0.1, 0.15) is 30.5 Å². The van der Waals surface area contributed by atoms with E-state index in [4.69, 9.17) is 0 Å². The Morgan fingerprint density at radius 2 is 1.89 bits per heavy atom. The first kappa shape index (κ1) is 20.7. The molecule has 28 heavy (non-hydrogen) atoms. The van der Waals surface area contributed by atoms with Crippen molar-refractivity contribution in [3.05, 3.63) is 47.8 Å². The van der Waals surface area contributed by atoms with Crippen molar-refractivity contribution in [3.8, 4) is 5.69 Å². The Morgan fingerprint density at radius 1 is 1.21 bits per heavy atom. The van der Waals surface area contributed by atoms with Gasteiger partial charge in [0.1, 0.15) is 0 Å². The predicted molar refractivity (Wildman–Crippen MR) is 100 cm³/mol. The molecule has 4 rings (SSSR count). The molecule has 1 saturated heterocycles. The molecule has 2 fully saturated rings. The molecular formula is C19H22ClF3N4O. The predicted octanol–water partition coefficient (Wildman–Crippen LogP) is 3.32. The van der Waals surface area contributed by atoms with Crippen molar-refractivity contribution in [1.82, 2.24) is 20.4 Å². The molecule has 9 heteroatoms. The summed E-state index contributed by atoms with van der Waals surface area (Å²) >= 11 is 0. The number of nitrogens with one attached hydrogen (secondary N) is 2. The molecule has 1 atom stereocenters. The van der Waals surface area contributed by atoms with Crippen LogP contribution >= 0.6 is 12.4 Å². The summed E-state index contributed by atoms with van der Waals surface area (Å²) in [5.74, 6) is 0.214. The van der Waals surface area contributed by atoms with Gasteiger partial charge in [0.2, 0.25) is 5.91 Å². The topological polar surface area (TPSA) is 59.0 Å². The number of hydrogen-bond acceptors (Lipinski definition) is 3. The number of piperidine rings is 1. The van der Waals surface area contributed by atoms with Crippen LogP contribution in [0.4, 0.5) is 13.2 Å². The molecule has 1 aromatic heterocycles. The molecule has 1 aliphatic heterocycles. The number of halogens is 4. The van der Waals surface area contributed by atoms with E-state index in [0.717, 1.165) is 44.0 Å². The maximum Gasteiger partial charge on any atom is 0.435 e. The first-order valence-electron chi connectivity index (χ1n) is 9.08. The second kappa shape index (κ2) is 7.75. The molecule has 5 nitrogen and oxygen atoms in total. The maximum absolute atomic E-state index is 12.6. The molecule has 2 heterocycles. The Hall–Kier alpha value is -2.06. The lowest BCUT2D eigenvalue weighted by molar-refractivity contribution is -0.141. The summed E-state index contributed by atoms with van der Waals surface area (Å²) in [6, 6.07) is 7.91. The summed E-state index contributed by atoms with van der Waals surface area (Å²) in [5, 5.41) is 9.86. The van der Waals surface area contributed by atoms with E-state index in [9.17, 15) is 18.0 Å². The smallest absolute Gasteiger partial charge is 0.352 e. The average molecular weight is 415 g/mol. The minimum atomic E-state index is -4.45. The van der Waals surface area contributed by atoms with Gasteiger partial charge in [-0.05, 0) is 61.5 Å². The molecular weight excluding hydrogens is 393 g/mol. The van der Waals surface area contributed by atoms with Crippen LogP contribution in [0, 0.1) is 11.3 Å². The second-order valence-corrected chi connectivity index (χ2v) is 7.40. The first-order chi connectivity index (χ1) is 12.9. The SMILES string of the molecule is Cl.O=C(NCc1ccc(-n2ccc(C(F)(F)F)n2)cc1)C1CC12CCNCC2. The third-order valence-electron chi connectivity index (χ3n) is 5.65. The first-order valence-corrected chi connectivity index (χ1v) is 9.08. The van der Waals surface area contributed by atoms with Crippen LogP contribution in [0.5, 0.6) is 0 Å². The number of aromatic nitrogens is 2. The zero-order valence-corrected chi connectivity index (χ0v) is 15.9. The molecule has 152 valence electrons. The highest BCUT2D eigenvalue weighted by atomic mass is 35.5. The second-order valence-electron chi connectivity index (χ2n) is 7.40. The number of amides is 1. The number of carbonyl (C=O) groups is 1. The molecule has 0 radical (unpaired) electrons. The molecule has 2 N–H and O–H groups in total. The van der Waals surface area contributed by atoms with Crippen LogP contribution in [0.3, 0.4) is 0 Å². The zero-order valence-electron chi connectivity index (χ0n) is 15.1. The van der Waals surface area contributed by atoms with Crippen LogP contribution < -0.4 is 10.6 Å². The van der Waals surface area contributed by atoms with Crippen LogP contribution in [-0.4, -0.2) is 28.8 Å². The van der Waals surface area contributed by atoms with Gasteiger partial charge in [0.15, 0.2) is 5.69 Å². The average Bonchev–Trinajstić information content (AvgIpc) is 3.10. The lowest BCUT2D eigenvalue weighted by atomic mass is 9.92. The number of hydrogen-bond donors (Lipinski definition) is 2. The van der Waals surface area contributed by atoms with E-state index in [2.05, 4.69) is 15.7 Å².